The maximum Gasteiger partial charge on any atom is 0.186 e. The van der Waals surface area contributed by atoms with E-state index < -0.39 is 0 Å². The Bertz CT molecular complexity index is 630. The summed E-state index contributed by atoms with van der Waals surface area (Å²) < 4.78 is 0. The van der Waals surface area contributed by atoms with E-state index in [1.54, 1.807) is 6.92 Å². The van der Waals surface area contributed by atoms with Crippen LogP contribution >= 0.6 is 11.3 Å². The maximum atomic E-state index is 11.5. The van der Waals surface area contributed by atoms with Gasteiger partial charge in [-0.3, -0.25) is 4.79 Å². The predicted molar refractivity (Wildman–Crippen MR) is 87.7 cm³/mol. The molecule has 0 saturated carbocycles. The van der Waals surface area contributed by atoms with Gasteiger partial charge in [-0.15, -0.1) is 0 Å². The fourth-order valence-corrected chi connectivity index (χ4v) is 3.65. The van der Waals surface area contributed by atoms with Crippen molar-refractivity contribution < 1.29 is 4.79 Å². The van der Waals surface area contributed by atoms with Crippen molar-refractivity contribution in [3.63, 3.8) is 0 Å². The van der Waals surface area contributed by atoms with Crippen molar-refractivity contribution in [1.29, 1.82) is 0 Å². The van der Waals surface area contributed by atoms with E-state index in [2.05, 4.69) is 39.0 Å². The quantitative estimate of drug-likeness (QED) is 0.817. The average molecular weight is 301 g/mol. The van der Waals surface area contributed by atoms with Crippen LogP contribution in [0.3, 0.4) is 0 Å². The lowest BCUT2D eigenvalue weighted by Gasteiger charge is -2.36. The molecule has 0 unspecified atom stereocenters. The molecule has 0 radical (unpaired) electrons. The van der Waals surface area contributed by atoms with Gasteiger partial charge < -0.3 is 9.80 Å². The Morgan fingerprint density at radius 3 is 2.29 bits per heavy atom. The Kier molecular flexibility index (Phi) is 3.92. The number of aromatic nitrogens is 1. The van der Waals surface area contributed by atoms with E-state index in [0.717, 1.165) is 41.9 Å². The zero-order valence-corrected chi connectivity index (χ0v) is 13.2. The molecule has 0 spiro atoms. The second kappa shape index (κ2) is 5.85. The highest BCUT2D eigenvalue weighted by Gasteiger charge is 2.21. The Labute approximate surface area is 129 Å². The summed E-state index contributed by atoms with van der Waals surface area (Å²) in [6, 6.07) is 10.5. The number of anilines is 2. The summed E-state index contributed by atoms with van der Waals surface area (Å²) in [4.78, 5) is 21.6. The van der Waals surface area contributed by atoms with Crippen LogP contribution < -0.4 is 9.80 Å². The second-order valence-electron chi connectivity index (χ2n) is 5.28. The summed E-state index contributed by atoms with van der Waals surface area (Å²) in [7, 11) is 0. The molecule has 110 valence electrons. The number of benzene rings is 1. The average Bonchev–Trinajstić information content (AvgIpc) is 2.90. The van der Waals surface area contributed by atoms with Gasteiger partial charge in [-0.2, -0.15) is 0 Å². The van der Waals surface area contributed by atoms with Gasteiger partial charge in [0.15, 0.2) is 10.9 Å². The molecular formula is C16H19N3OS. The highest BCUT2D eigenvalue weighted by atomic mass is 32.1. The minimum Gasteiger partial charge on any atom is -0.368 e. The Balaban J connectivity index is 1.68. The molecule has 2 heterocycles. The monoisotopic (exact) mass is 301 g/mol. The topological polar surface area (TPSA) is 36.4 Å². The third-order valence-corrected chi connectivity index (χ3v) is 5.10. The Hall–Kier alpha value is -1.88. The number of carbonyl (C=O) groups excluding carboxylic acids is 1. The van der Waals surface area contributed by atoms with Crippen LogP contribution in [-0.4, -0.2) is 36.9 Å². The predicted octanol–water partition coefficient (Wildman–Crippen LogP) is 2.98. The van der Waals surface area contributed by atoms with Crippen molar-refractivity contribution in [3.05, 3.63) is 40.9 Å². The van der Waals surface area contributed by atoms with Crippen LogP contribution in [0, 0.1) is 6.92 Å². The first-order chi connectivity index (χ1) is 10.1. The number of Topliss-reactive ketones (excluding diaryl/α,β-unsaturated/α-hetero) is 1. The SMILES string of the molecule is CC(=O)c1sc(N2CCN(c3ccccc3)CC2)nc1C. The number of hydrogen-bond donors (Lipinski definition) is 0. The molecule has 0 aliphatic carbocycles. The summed E-state index contributed by atoms with van der Waals surface area (Å²) in [5.74, 6) is 0.110. The second-order valence-corrected chi connectivity index (χ2v) is 6.25. The van der Waals surface area contributed by atoms with Crippen LogP contribution in [0.15, 0.2) is 30.3 Å². The van der Waals surface area contributed by atoms with E-state index in [4.69, 9.17) is 0 Å². The van der Waals surface area contributed by atoms with E-state index in [0.29, 0.717) is 0 Å². The van der Waals surface area contributed by atoms with Crippen molar-refractivity contribution in [3.8, 4) is 0 Å². The van der Waals surface area contributed by atoms with Crippen molar-refractivity contribution in [2.75, 3.05) is 36.0 Å². The van der Waals surface area contributed by atoms with Crippen LogP contribution in [0.5, 0.6) is 0 Å². The van der Waals surface area contributed by atoms with E-state index in [1.807, 2.05) is 13.0 Å². The first kappa shape index (κ1) is 14.1. The molecule has 21 heavy (non-hydrogen) atoms. The first-order valence-corrected chi connectivity index (χ1v) is 8.00. The van der Waals surface area contributed by atoms with E-state index in [9.17, 15) is 4.79 Å². The van der Waals surface area contributed by atoms with Crippen molar-refractivity contribution >= 4 is 27.9 Å². The number of nitrogens with zero attached hydrogens (tertiary/aromatic N) is 3. The molecule has 1 aromatic carbocycles. The molecular weight excluding hydrogens is 282 g/mol. The highest BCUT2D eigenvalue weighted by Crippen LogP contribution is 2.28. The Morgan fingerprint density at radius 2 is 1.71 bits per heavy atom. The molecule has 1 aliphatic rings. The van der Waals surface area contributed by atoms with E-state index >= 15 is 0 Å². The molecule has 1 fully saturated rings. The number of piperazine rings is 1. The van der Waals surface area contributed by atoms with Crippen molar-refractivity contribution in [1.82, 2.24) is 4.98 Å². The lowest BCUT2D eigenvalue weighted by molar-refractivity contribution is 0.102. The molecule has 5 heteroatoms. The Morgan fingerprint density at radius 1 is 1.10 bits per heavy atom. The molecule has 0 N–H and O–H groups in total. The van der Waals surface area contributed by atoms with E-state index in [-0.39, 0.29) is 5.78 Å². The van der Waals surface area contributed by atoms with Crippen molar-refractivity contribution in [2.24, 2.45) is 0 Å². The number of thiazole rings is 1. The number of para-hydroxylation sites is 1. The van der Waals surface area contributed by atoms with Crippen LogP contribution in [-0.2, 0) is 0 Å². The lowest BCUT2D eigenvalue weighted by atomic mass is 10.2. The molecule has 3 rings (SSSR count). The van der Waals surface area contributed by atoms with Gasteiger partial charge in [-0.1, -0.05) is 29.5 Å². The standard InChI is InChI=1S/C16H19N3OS/c1-12-15(13(2)20)21-16(17-12)19-10-8-18(9-11-19)14-6-4-3-5-7-14/h3-7H,8-11H2,1-2H3. The van der Waals surface area contributed by atoms with Gasteiger partial charge in [0.05, 0.1) is 10.6 Å². The molecule has 2 aromatic rings. The maximum absolute atomic E-state index is 11.5. The third-order valence-electron chi connectivity index (χ3n) is 3.78. The molecule has 0 amide bonds. The summed E-state index contributed by atoms with van der Waals surface area (Å²) in [6.07, 6.45) is 0. The lowest BCUT2D eigenvalue weighted by Crippen LogP contribution is -2.46. The van der Waals surface area contributed by atoms with Crippen LogP contribution in [0.25, 0.3) is 0 Å². The van der Waals surface area contributed by atoms with Gasteiger partial charge in [0.2, 0.25) is 0 Å². The molecule has 1 aliphatic heterocycles. The fourth-order valence-electron chi connectivity index (χ4n) is 2.64. The summed E-state index contributed by atoms with van der Waals surface area (Å²) in [5.41, 5.74) is 2.13. The smallest absolute Gasteiger partial charge is 0.186 e. The van der Waals surface area contributed by atoms with Crippen LogP contribution in [0.2, 0.25) is 0 Å². The van der Waals surface area contributed by atoms with Crippen LogP contribution in [0.4, 0.5) is 10.8 Å². The number of ketones is 1. The van der Waals surface area contributed by atoms with Gasteiger partial charge in [-0.25, -0.2) is 4.98 Å². The fraction of sp³-hybridized carbons (Fsp3) is 0.375. The largest absolute Gasteiger partial charge is 0.368 e. The minimum absolute atomic E-state index is 0.110. The summed E-state index contributed by atoms with van der Waals surface area (Å²) in [6.45, 7) is 7.38. The van der Waals surface area contributed by atoms with Gasteiger partial charge >= 0.3 is 0 Å². The van der Waals surface area contributed by atoms with Gasteiger partial charge in [0.1, 0.15) is 0 Å². The molecule has 1 aromatic heterocycles. The highest BCUT2D eigenvalue weighted by molar-refractivity contribution is 7.17. The number of hydrogen-bond acceptors (Lipinski definition) is 5. The zero-order chi connectivity index (χ0) is 14.8. The number of aryl methyl sites for hydroxylation is 1. The zero-order valence-electron chi connectivity index (χ0n) is 12.4. The van der Waals surface area contributed by atoms with Crippen molar-refractivity contribution in [2.45, 2.75) is 13.8 Å². The minimum atomic E-state index is 0.110. The van der Waals surface area contributed by atoms with E-state index in [1.165, 1.54) is 17.0 Å². The number of rotatable bonds is 3. The van der Waals surface area contributed by atoms with Crippen LogP contribution in [0.1, 0.15) is 22.3 Å². The summed E-state index contributed by atoms with van der Waals surface area (Å²) >= 11 is 1.52. The third kappa shape index (κ3) is 2.93. The summed E-state index contributed by atoms with van der Waals surface area (Å²) in [5, 5.41) is 0.977. The van der Waals surface area contributed by atoms with Gasteiger partial charge in [-0.05, 0) is 19.1 Å². The van der Waals surface area contributed by atoms with Gasteiger partial charge in [0.25, 0.3) is 0 Å². The molecule has 0 bridgehead atoms. The normalized spacial score (nSPS) is 15.3. The molecule has 1 saturated heterocycles. The molecule has 4 nitrogen and oxygen atoms in total. The number of carbonyl (C=O) groups is 1. The molecule has 0 atom stereocenters. The van der Waals surface area contributed by atoms with Gasteiger partial charge in [0, 0.05) is 38.8 Å². The first-order valence-electron chi connectivity index (χ1n) is 7.18.